The summed E-state index contributed by atoms with van der Waals surface area (Å²) >= 11 is 0. The Kier molecular flexibility index (Phi) is 4.69. The van der Waals surface area contributed by atoms with Crippen LogP contribution in [0.5, 0.6) is 0 Å². The summed E-state index contributed by atoms with van der Waals surface area (Å²) in [6, 6.07) is 20.6. The minimum absolute atomic E-state index is 0.147. The number of carbonyl (C=O) groups excluding carboxylic acids is 1. The van der Waals surface area contributed by atoms with Crippen molar-refractivity contribution < 1.29 is 9.53 Å². The molecule has 2 aromatic carbocycles. The number of rotatable bonds is 5. The molecule has 0 aromatic heterocycles. The third kappa shape index (κ3) is 3.45. The second kappa shape index (κ2) is 6.89. The maximum absolute atomic E-state index is 12.0. The molecule has 0 amide bonds. The van der Waals surface area contributed by atoms with E-state index in [2.05, 4.69) is 24.3 Å². The Morgan fingerprint density at radius 2 is 1.64 bits per heavy atom. The predicted octanol–water partition coefficient (Wildman–Crippen LogP) is 4.28. The highest BCUT2D eigenvalue weighted by molar-refractivity contribution is 5.81. The van der Waals surface area contributed by atoms with Crippen LogP contribution in [0.25, 0.3) is 0 Å². The zero-order chi connectivity index (χ0) is 15.3. The van der Waals surface area contributed by atoms with Crippen LogP contribution in [-0.2, 0) is 21.6 Å². The lowest BCUT2D eigenvalue weighted by Gasteiger charge is -2.36. The van der Waals surface area contributed by atoms with Crippen molar-refractivity contribution in [1.82, 2.24) is 0 Å². The SMILES string of the molecule is O=C1CCCC(COCc2ccccc2)(c2ccccc2)C1. The molecule has 1 aliphatic carbocycles. The third-order valence-corrected chi connectivity index (χ3v) is 4.52. The van der Waals surface area contributed by atoms with Gasteiger partial charge in [-0.3, -0.25) is 4.79 Å². The van der Waals surface area contributed by atoms with E-state index >= 15 is 0 Å². The van der Waals surface area contributed by atoms with Crippen LogP contribution < -0.4 is 0 Å². The topological polar surface area (TPSA) is 26.3 Å². The van der Waals surface area contributed by atoms with Gasteiger partial charge < -0.3 is 4.74 Å². The number of Topliss-reactive ketones (excluding diaryl/α,β-unsaturated/α-hetero) is 1. The molecule has 0 radical (unpaired) electrons. The molecule has 2 nitrogen and oxygen atoms in total. The Balaban J connectivity index is 1.73. The monoisotopic (exact) mass is 294 g/mol. The van der Waals surface area contributed by atoms with Crippen molar-refractivity contribution in [3.05, 3.63) is 71.8 Å². The van der Waals surface area contributed by atoms with E-state index in [1.165, 1.54) is 11.1 Å². The van der Waals surface area contributed by atoms with Crippen LogP contribution in [0.4, 0.5) is 0 Å². The van der Waals surface area contributed by atoms with E-state index in [0.29, 0.717) is 31.8 Å². The van der Waals surface area contributed by atoms with Crippen LogP contribution in [0, 0.1) is 0 Å². The summed E-state index contributed by atoms with van der Waals surface area (Å²) in [6.07, 6.45) is 3.30. The third-order valence-electron chi connectivity index (χ3n) is 4.52. The highest BCUT2D eigenvalue weighted by Gasteiger charge is 2.37. The summed E-state index contributed by atoms with van der Waals surface area (Å²) < 4.78 is 6.01. The molecule has 114 valence electrons. The summed E-state index contributed by atoms with van der Waals surface area (Å²) in [5, 5.41) is 0. The second-order valence-corrected chi connectivity index (χ2v) is 6.19. The van der Waals surface area contributed by atoms with Gasteiger partial charge in [0, 0.05) is 18.3 Å². The van der Waals surface area contributed by atoms with Gasteiger partial charge in [0.05, 0.1) is 13.2 Å². The molecule has 0 aliphatic heterocycles. The van der Waals surface area contributed by atoms with Gasteiger partial charge in [-0.1, -0.05) is 60.7 Å². The number of carbonyl (C=O) groups is 1. The van der Waals surface area contributed by atoms with Crippen molar-refractivity contribution in [3.63, 3.8) is 0 Å². The van der Waals surface area contributed by atoms with E-state index in [-0.39, 0.29) is 5.41 Å². The Morgan fingerprint density at radius 1 is 0.955 bits per heavy atom. The van der Waals surface area contributed by atoms with Crippen molar-refractivity contribution in [1.29, 1.82) is 0 Å². The molecule has 1 saturated carbocycles. The van der Waals surface area contributed by atoms with E-state index in [0.717, 1.165) is 12.8 Å². The van der Waals surface area contributed by atoms with Crippen LogP contribution in [0.1, 0.15) is 36.8 Å². The summed E-state index contributed by atoms with van der Waals surface area (Å²) in [6.45, 7) is 1.21. The van der Waals surface area contributed by atoms with Gasteiger partial charge in [-0.05, 0) is 24.0 Å². The standard InChI is InChI=1S/C20H22O2/c21-19-12-7-13-20(14-19,18-10-5-2-6-11-18)16-22-15-17-8-3-1-4-9-17/h1-6,8-11H,7,12-16H2. The first-order chi connectivity index (χ1) is 10.8. The first kappa shape index (κ1) is 15.0. The van der Waals surface area contributed by atoms with E-state index in [1.54, 1.807) is 0 Å². The van der Waals surface area contributed by atoms with Gasteiger partial charge in [0.1, 0.15) is 5.78 Å². The fourth-order valence-electron chi connectivity index (χ4n) is 3.36. The molecule has 1 aliphatic rings. The minimum Gasteiger partial charge on any atom is -0.376 e. The fraction of sp³-hybridized carbons (Fsp3) is 0.350. The number of hydrogen-bond acceptors (Lipinski definition) is 2. The van der Waals surface area contributed by atoms with E-state index < -0.39 is 0 Å². The zero-order valence-electron chi connectivity index (χ0n) is 12.8. The molecular weight excluding hydrogens is 272 g/mol. The Hall–Kier alpha value is -1.93. The number of ketones is 1. The molecule has 0 bridgehead atoms. The molecule has 3 rings (SSSR count). The molecule has 0 N–H and O–H groups in total. The van der Waals surface area contributed by atoms with Crippen LogP contribution in [-0.4, -0.2) is 12.4 Å². The minimum atomic E-state index is -0.147. The van der Waals surface area contributed by atoms with E-state index in [9.17, 15) is 4.79 Å². The van der Waals surface area contributed by atoms with Crippen molar-refractivity contribution >= 4 is 5.78 Å². The average molecular weight is 294 g/mol. The largest absolute Gasteiger partial charge is 0.376 e. The van der Waals surface area contributed by atoms with Crippen LogP contribution in [0.3, 0.4) is 0 Å². The van der Waals surface area contributed by atoms with Crippen molar-refractivity contribution in [2.45, 2.75) is 37.7 Å². The van der Waals surface area contributed by atoms with Gasteiger partial charge in [-0.2, -0.15) is 0 Å². The van der Waals surface area contributed by atoms with Gasteiger partial charge in [0.15, 0.2) is 0 Å². The van der Waals surface area contributed by atoms with E-state index in [4.69, 9.17) is 4.74 Å². The lowest BCUT2D eigenvalue weighted by Crippen LogP contribution is -2.37. The van der Waals surface area contributed by atoms with Crippen molar-refractivity contribution in [2.24, 2.45) is 0 Å². The number of hydrogen-bond donors (Lipinski definition) is 0. The highest BCUT2D eigenvalue weighted by Crippen LogP contribution is 2.38. The van der Waals surface area contributed by atoms with E-state index in [1.807, 2.05) is 36.4 Å². The Labute approximate surface area is 132 Å². The summed E-state index contributed by atoms with van der Waals surface area (Å²) in [7, 11) is 0. The maximum atomic E-state index is 12.0. The quantitative estimate of drug-likeness (QED) is 0.822. The molecule has 1 unspecified atom stereocenters. The molecule has 0 heterocycles. The van der Waals surface area contributed by atoms with Crippen LogP contribution in [0.15, 0.2) is 60.7 Å². The molecule has 0 saturated heterocycles. The smallest absolute Gasteiger partial charge is 0.133 e. The van der Waals surface area contributed by atoms with Gasteiger partial charge in [-0.25, -0.2) is 0 Å². The Bertz CT molecular complexity index is 606. The van der Waals surface area contributed by atoms with Gasteiger partial charge in [-0.15, -0.1) is 0 Å². The van der Waals surface area contributed by atoms with Crippen LogP contribution in [0.2, 0.25) is 0 Å². The Morgan fingerprint density at radius 3 is 2.32 bits per heavy atom. The fourth-order valence-corrected chi connectivity index (χ4v) is 3.36. The molecule has 1 fully saturated rings. The first-order valence-electron chi connectivity index (χ1n) is 7.97. The average Bonchev–Trinajstić information content (AvgIpc) is 2.57. The lowest BCUT2D eigenvalue weighted by molar-refractivity contribution is -0.123. The lowest BCUT2D eigenvalue weighted by atomic mass is 9.69. The molecule has 1 atom stereocenters. The number of ether oxygens (including phenoxy) is 1. The normalized spacial score (nSPS) is 21.7. The van der Waals surface area contributed by atoms with Crippen LogP contribution >= 0.6 is 0 Å². The van der Waals surface area contributed by atoms with Gasteiger partial charge in [0.2, 0.25) is 0 Å². The first-order valence-corrected chi connectivity index (χ1v) is 7.97. The maximum Gasteiger partial charge on any atom is 0.133 e. The highest BCUT2D eigenvalue weighted by atomic mass is 16.5. The van der Waals surface area contributed by atoms with Crippen molar-refractivity contribution in [2.75, 3.05) is 6.61 Å². The van der Waals surface area contributed by atoms with Gasteiger partial charge >= 0.3 is 0 Å². The molecule has 2 aromatic rings. The van der Waals surface area contributed by atoms with Crippen molar-refractivity contribution in [3.8, 4) is 0 Å². The summed E-state index contributed by atoms with van der Waals surface area (Å²) in [4.78, 5) is 12.0. The second-order valence-electron chi connectivity index (χ2n) is 6.19. The molecule has 0 spiro atoms. The molecule has 2 heteroatoms. The zero-order valence-corrected chi connectivity index (χ0v) is 12.8. The molecule has 22 heavy (non-hydrogen) atoms. The van der Waals surface area contributed by atoms with Gasteiger partial charge in [0.25, 0.3) is 0 Å². The summed E-state index contributed by atoms with van der Waals surface area (Å²) in [5.41, 5.74) is 2.26. The molecular formula is C20H22O2. The summed E-state index contributed by atoms with van der Waals surface area (Å²) in [5.74, 6) is 0.360. The number of benzene rings is 2. The predicted molar refractivity (Wildman–Crippen MR) is 87.7 cm³/mol.